The molecule has 0 radical (unpaired) electrons. The van der Waals surface area contributed by atoms with Crippen LogP contribution in [-0.4, -0.2) is 62.9 Å². The van der Waals surface area contributed by atoms with Gasteiger partial charge in [0, 0.05) is 30.4 Å². The van der Waals surface area contributed by atoms with E-state index in [1.54, 1.807) is 47.2 Å². The van der Waals surface area contributed by atoms with Crippen LogP contribution in [0.25, 0.3) is 0 Å². The zero-order chi connectivity index (χ0) is 24.7. The van der Waals surface area contributed by atoms with Crippen molar-refractivity contribution >= 4 is 41.0 Å². The number of likely N-dealkylation sites (tertiary alicyclic amines) is 1. The lowest BCUT2D eigenvalue weighted by molar-refractivity contribution is -0.139. The molecule has 1 aromatic rings. The molecule has 3 rings (SSSR count). The molecule has 1 fully saturated rings. The van der Waals surface area contributed by atoms with Gasteiger partial charge in [0.15, 0.2) is 0 Å². The van der Waals surface area contributed by atoms with E-state index in [1.807, 2.05) is 6.07 Å². The number of nitrogens with one attached hydrogen (secondary N) is 1. The molecule has 0 aromatic heterocycles. The first kappa shape index (κ1) is 25.2. The van der Waals surface area contributed by atoms with Crippen molar-refractivity contribution in [2.75, 3.05) is 44.1 Å². The van der Waals surface area contributed by atoms with E-state index in [4.69, 9.17) is 25.8 Å². The molecule has 2 aliphatic heterocycles. The number of hydrogen-bond donors (Lipinski definition) is 1. The highest BCUT2D eigenvalue weighted by Crippen LogP contribution is 2.35. The molecule has 0 unspecified atom stereocenters. The smallest absolute Gasteiger partial charge is 0.409 e. The van der Waals surface area contributed by atoms with Crippen LogP contribution in [0.2, 0.25) is 5.02 Å². The summed E-state index contributed by atoms with van der Waals surface area (Å²) in [4.78, 5) is 40.5. The zero-order valence-electron chi connectivity index (χ0n) is 19.4. The average molecular weight is 490 g/mol. The number of carbonyl (C=O) groups excluding carboxylic acids is 3. The number of anilines is 2. The van der Waals surface area contributed by atoms with Gasteiger partial charge in [-0.25, -0.2) is 14.4 Å². The van der Waals surface area contributed by atoms with Gasteiger partial charge < -0.3 is 29.3 Å². The second-order valence-corrected chi connectivity index (χ2v) is 8.02. The van der Waals surface area contributed by atoms with Crippen molar-refractivity contribution in [3.8, 4) is 0 Å². The third-order valence-corrected chi connectivity index (χ3v) is 5.72. The maximum Gasteiger partial charge on any atom is 0.409 e. The van der Waals surface area contributed by atoms with Crippen LogP contribution in [0.15, 0.2) is 53.9 Å². The summed E-state index contributed by atoms with van der Waals surface area (Å²) in [5, 5.41) is 3.95. The van der Waals surface area contributed by atoms with Gasteiger partial charge >= 0.3 is 18.0 Å². The fraction of sp³-hybridized carbons (Fsp3) is 0.375. The predicted octanol–water partition coefficient (Wildman–Crippen LogP) is 3.86. The van der Waals surface area contributed by atoms with Crippen molar-refractivity contribution in [2.45, 2.75) is 25.8 Å². The van der Waals surface area contributed by atoms with Crippen LogP contribution in [0.4, 0.5) is 16.2 Å². The maximum absolute atomic E-state index is 12.8. The fourth-order valence-electron chi connectivity index (χ4n) is 3.82. The van der Waals surface area contributed by atoms with E-state index in [-0.39, 0.29) is 23.4 Å². The third-order valence-electron chi connectivity index (χ3n) is 5.49. The molecule has 0 saturated carbocycles. The van der Waals surface area contributed by atoms with Gasteiger partial charge in [0.2, 0.25) is 0 Å². The molecule has 1 amide bonds. The zero-order valence-corrected chi connectivity index (χ0v) is 20.1. The van der Waals surface area contributed by atoms with E-state index in [0.717, 1.165) is 0 Å². The molecule has 2 heterocycles. The van der Waals surface area contributed by atoms with Crippen LogP contribution >= 0.6 is 11.6 Å². The number of amides is 1. The molecule has 0 atom stereocenters. The van der Waals surface area contributed by atoms with Crippen molar-refractivity contribution < 1.29 is 28.6 Å². The Labute approximate surface area is 203 Å². The number of carbonyl (C=O) groups is 3. The van der Waals surface area contributed by atoms with Gasteiger partial charge in [0.1, 0.15) is 5.70 Å². The molecular weight excluding hydrogens is 462 g/mol. The minimum absolute atomic E-state index is 0.00166. The summed E-state index contributed by atoms with van der Waals surface area (Å²) in [6.45, 7) is 3.25. The number of rotatable bonds is 6. The Kier molecular flexibility index (Phi) is 8.59. The first-order chi connectivity index (χ1) is 16.4. The Balaban J connectivity index is 1.93. The van der Waals surface area contributed by atoms with E-state index in [1.165, 1.54) is 20.3 Å². The summed E-state index contributed by atoms with van der Waals surface area (Å²) in [7, 11) is 2.49. The molecular formula is C24H28ClN3O6. The van der Waals surface area contributed by atoms with Crippen LogP contribution < -0.4 is 10.2 Å². The Hall–Kier alpha value is -3.46. The van der Waals surface area contributed by atoms with Crippen LogP contribution in [0, 0.1) is 0 Å². The highest BCUT2D eigenvalue weighted by atomic mass is 35.5. The summed E-state index contributed by atoms with van der Waals surface area (Å²) in [6.07, 6.45) is 7.60. The Morgan fingerprint density at radius 3 is 2.44 bits per heavy atom. The summed E-state index contributed by atoms with van der Waals surface area (Å²) in [5.74, 6) is -1.38. The SMILES string of the molecule is CCOC(=O)N1CCC(Nc2ccc(Cl)cc2N2C=CC=CC(C(=O)OC)=C2C(=O)OC)CC1. The summed E-state index contributed by atoms with van der Waals surface area (Å²) < 4.78 is 14.9. The quantitative estimate of drug-likeness (QED) is 0.475. The van der Waals surface area contributed by atoms with E-state index in [0.29, 0.717) is 48.9 Å². The number of benzene rings is 1. The Bertz CT molecular complexity index is 1030. The van der Waals surface area contributed by atoms with Crippen molar-refractivity contribution in [1.29, 1.82) is 0 Å². The van der Waals surface area contributed by atoms with Gasteiger partial charge in [-0.05, 0) is 50.1 Å². The largest absolute Gasteiger partial charge is 0.465 e. The van der Waals surface area contributed by atoms with Crippen molar-refractivity contribution in [3.63, 3.8) is 0 Å². The standard InChI is InChI=1S/C24H28ClN3O6/c1-4-34-24(31)27-13-10-17(11-14-27)26-19-9-8-16(25)15-20(19)28-12-6-5-7-18(22(29)32-2)21(28)23(30)33-3/h5-9,12,15,17,26H,4,10-11,13-14H2,1-3H3. The molecule has 34 heavy (non-hydrogen) atoms. The number of halogens is 1. The maximum atomic E-state index is 12.8. The number of nitrogens with zero attached hydrogens (tertiary/aromatic N) is 2. The van der Waals surface area contributed by atoms with E-state index in [9.17, 15) is 14.4 Å². The van der Waals surface area contributed by atoms with Gasteiger partial charge in [0.25, 0.3) is 0 Å². The molecule has 0 aliphatic carbocycles. The van der Waals surface area contributed by atoms with Crippen LogP contribution in [0.3, 0.4) is 0 Å². The first-order valence-corrected chi connectivity index (χ1v) is 11.3. The van der Waals surface area contributed by atoms with E-state index < -0.39 is 11.9 Å². The molecule has 1 N–H and O–H groups in total. The summed E-state index contributed by atoms with van der Waals surface area (Å²) >= 11 is 6.31. The molecule has 1 aromatic carbocycles. The lowest BCUT2D eigenvalue weighted by Gasteiger charge is -2.33. The fourth-order valence-corrected chi connectivity index (χ4v) is 3.98. The van der Waals surface area contributed by atoms with Gasteiger partial charge in [-0.15, -0.1) is 0 Å². The lowest BCUT2D eigenvalue weighted by Crippen LogP contribution is -2.42. The molecule has 9 nitrogen and oxygen atoms in total. The molecule has 10 heteroatoms. The van der Waals surface area contributed by atoms with Gasteiger partial charge in [-0.3, -0.25) is 0 Å². The minimum Gasteiger partial charge on any atom is -0.465 e. The van der Waals surface area contributed by atoms with E-state index >= 15 is 0 Å². The molecule has 0 bridgehead atoms. The van der Waals surface area contributed by atoms with Crippen molar-refractivity contribution in [1.82, 2.24) is 4.90 Å². The van der Waals surface area contributed by atoms with Gasteiger partial charge in [-0.1, -0.05) is 17.7 Å². The highest BCUT2D eigenvalue weighted by molar-refractivity contribution is 6.31. The number of hydrogen-bond acceptors (Lipinski definition) is 8. The van der Waals surface area contributed by atoms with E-state index in [2.05, 4.69) is 5.32 Å². The topological polar surface area (TPSA) is 97.4 Å². The number of piperidine rings is 1. The lowest BCUT2D eigenvalue weighted by atomic mass is 10.0. The molecule has 182 valence electrons. The summed E-state index contributed by atoms with van der Waals surface area (Å²) in [5.41, 5.74) is 1.31. The predicted molar refractivity (Wildman–Crippen MR) is 129 cm³/mol. The van der Waals surface area contributed by atoms with Crippen LogP contribution in [0.5, 0.6) is 0 Å². The second kappa shape index (κ2) is 11.6. The average Bonchev–Trinajstić information content (AvgIpc) is 3.07. The first-order valence-electron chi connectivity index (χ1n) is 10.9. The molecule has 0 spiro atoms. The van der Waals surface area contributed by atoms with Crippen LogP contribution in [0.1, 0.15) is 19.8 Å². The number of methoxy groups -OCH3 is 2. The van der Waals surface area contributed by atoms with Crippen LogP contribution in [-0.2, 0) is 23.8 Å². The van der Waals surface area contributed by atoms with Crippen molar-refractivity contribution in [3.05, 3.63) is 58.9 Å². The van der Waals surface area contributed by atoms with Gasteiger partial charge in [-0.2, -0.15) is 0 Å². The Morgan fingerprint density at radius 2 is 1.79 bits per heavy atom. The van der Waals surface area contributed by atoms with Gasteiger partial charge in [0.05, 0.1) is 37.8 Å². The number of allylic oxidation sites excluding steroid dienone is 2. The summed E-state index contributed by atoms with van der Waals surface area (Å²) in [6, 6.07) is 5.33. The normalized spacial score (nSPS) is 16.2. The molecule has 2 aliphatic rings. The highest BCUT2D eigenvalue weighted by Gasteiger charge is 2.30. The van der Waals surface area contributed by atoms with Crippen molar-refractivity contribution in [2.24, 2.45) is 0 Å². The molecule has 1 saturated heterocycles. The monoisotopic (exact) mass is 489 g/mol. The third kappa shape index (κ3) is 5.72. The minimum atomic E-state index is -0.703. The number of esters is 2. The second-order valence-electron chi connectivity index (χ2n) is 7.58. The number of ether oxygens (including phenoxy) is 3. The Morgan fingerprint density at radius 1 is 1.09 bits per heavy atom.